The predicted octanol–water partition coefficient (Wildman–Crippen LogP) is 2.84. The zero-order valence-electron chi connectivity index (χ0n) is 8.24. The molecule has 0 fully saturated rings. The van der Waals surface area contributed by atoms with Crippen molar-refractivity contribution in [2.24, 2.45) is 0 Å². The maximum Gasteiger partial charge on any atom is 0.222 e. The molecule has 0 bridgehead atoms. The van der Waals surface area contributed by atoms with Crippen LogP contribution in [0.3, 0.4) is 0 Å². The number of halogens is 1. The number of nitrogens with zero attached hydrogens (tertiary/aromatic N) is 2. The second kappa shape index (κ2) is 4.28. The van der Waals surface area contributed by atoms with Crippen molar-refractivity contribution in [3.8, 4) is 11.1 Å². The largest absolute Gasteiger partial charge is 0.357 e. The van der Waals surface area contributed by atoms with Gasteiger partial charge in [-0.2, -0.15) is 0 Å². The summed E-state index contributed by atoms with van der Waals surface area (Å²) < 4.78 is 0. The number of benzene rings is 1. The van der Waals surface area contributed by atoms with Crippen molar-refractivity contribution >= 4 is 17.5 Å². The van der Waals surface area contributed by atoms with Gasteiger partial charge in [-0.05, 0) is 17.7 Å². The van der Waals surface area contributed by atoms with E-state index in [0.717, 1.165) is 16.1 Å². The molecule has 0 atom stereocenters. The molecule has 0 amide bonds. The zero-order valence-corrected chi connectivity index (χ0v) is 8.99. The molecule has 0 saturated carbocycles. The van der Waals surface area contributed by atoms with Gasteiger partial charge in [0, 0.05) is 30.0 Å². The van der Waals surface area contributed by atoms with Crippen LogP contribution in [0.15, 0.2) is 36.7 Å². The Morgan fingerprint density at radius 3 is 2.13 bits per heavy atom. The van der Waals surface area contributed by atoms with Gasteiger partial charge >= 0.3 is 0 Å². The second-order valence-electron chi connectivity index (χ2n) is 3.05. The van der Waals surface area contributed by atoms with E-state index < -0.39 is 0 Å². The Kier molecular flexibility index (Phi) is 2.83. The number of hydrogen-bond acceptors (Lipinski definition) is 3. The molecule has 1 heterocycles. The van der Waals surface area contributed by atoms with Gasteiger partial charge in [0.1, 0.15) is 0 Å². The summed E-state index contributed by atoms with van der Waals surface area (Å²) in [6.45, 7) is 0. The second-order valence-corrected chi connectivity index (χ2v) is 3.49. The lowest BCUT2D eigenvalue weighted by Crippen LogP contribution is -1.95. The van der Waals surface area contributed by atoms with E-state index in [1.165, 1.54) is 0 Å². The minimum absolute atomic E-state index is 0.618. The van der Waals surface area contributed by atoms with Gasteiger partial charge in [-0.25, -0.2) is 9.97 Å². The van der Waals surface area contributed by atoms with Crippen LogP contribution in [0.1, 0.15) is 0 Å². The fourth-order valence-electron chi connectivity index (χ4n) is 1.25. The van der Waals surface area contributed by atoms with Crippen molar-refractivity contribution in [3.05, 3.63) is 41.7 Å². The zero-order chi connectivity index (χ0) is 10.7. The molecule has 1 N–H and O–H groups in total. The number of rotatable bonds is 2. The highest BCUT2D eigenvalue weighted by Crippen LogP contribution is 2.20. The summed E-state index contributed by atoms with van der Waals surface area (Å²) in [6.07, 6.45) is 3.56. The van der Waals surface area contributed by atoms with Crippen LogP contribution < -0.4 is 5.32 Å². The summed E-state index contributed by atoms with van der Waals surface area (Å²) in [5.74, 6) is 0.618. The highest BCUT2D eigenvalue weighted by molar-refractivity contribution is 6.30. The van der Waals surface area contributed by atoms with E-state index in [2.05, 4.69) is 15.3 Å². The van der Waals surface area contributed by atoms with Gasteiger partial charge in [-0.15, -0.1) is 0 Å². The normalized spacial score (nSPS) is 10.0. The van der Waals surface area contributed by atoms with Gasteiger partial charge in [0.2, 0.25) is 5.95 Å². The SMILES string of the molecule is CNc1ncc(-c2ccc(Cl)cc2)cn1. The first-order valence-electron chi connectivity index (χ1n) is 4.55. The summed E-state index contributed by atoms with van der Waals surface area (Å²) in [5.41, 5.74) is 2.03. The fourth-order valence-corrected chi connectivity index (χ4v) is 1.37. The summed E-state index contributed by atoms with van der Waals surface area (Å²) in [6, 6.07) is 7.59. The minimum atomic E-state index is 0.618. The van der Waals surface area contributed by atoms with Crippen molar-refractivity contribution in [1.82, 2.24) is 9.97 Å². The first-order chi connectivity index (χ1) is 7.29. The fraction of sp³-hybridized carbons (Fsp3) is 0.0909. The molecule has 0 aliphatic heterocycles. The molecular weight excluding hydrogens is 210 g/mol. The lowest BCUT2D eigenvalue weighted by molar-refractivity contribution is 1.15. The summed E-state index contributed by atoms with van der Waals surface area (Å²) in [4.78, 5) is 8.28. The average molecular weight is 220 g/mol. The Morgan fingerprint density at radius 2 is 1.60 bits per heavy atom. The Hall–Kier alpha value is -1.61. The van der Waals surface area contributed by atoms with Gasteiger partial charge in [-0.3, -0.25) is 0 Å². The number of anilines is 1. The summed E-state index contributed by atoms with van der Waals surface area (Å²) >= 11 is 5.81. The van der Waals surface area contributed by atoms with E-state index in [1.54, 1.807) is 19.4 Å². The van der Waals surface area contributed by atoms with Gasteiger partial charge in [-0.1, -0.05) is 23.7 Å². The quantitative estimate of drug-likeness (QED) is 0.844. The molecule has 1 aromatic carbocycles. The van der Waals surface area contributed by atoms with Crippen LogP contribution in [0, 0.1) is 0 Å². The molecule has 4 heteroatoms. The van der Waals surface area contributed by atoms with E-state index >= 15 is 0 Å². The molecule has 0 spiro atoms. The van der Waals surface area contributed by atoms with Gasteiger partial charge < -0.3 is 5.32 Å². The molecule has 2 aromatic rings. The first kappa shape index (κ1) is 9.93. The standard InChI is InChI=1S/C11H10ClN3/c1-13-11-14-6-9(7-15-11)8-2-4-10(12)5-3-8/h2-7H,1H3,(H,13,14,15). The minimum Gasteiger partial charge on any atom is -0.357 e. The van der Waals surface area contributed by atoms with E-state index in [9.17, 15) is 0 Å². The molecule has 0 unspecified atom stereocenters. The van der Waals surface area contributed by atoms with Crippen molar-refractivity contribution < 1.29 is 0 Å². The highest BCUT2D eigenvalue weighted by atomic mass is 35.5. The van der Waals surface area contributed by atoms with Crippen molar-refractivity contribution in [3.63, 3.8) is 0 Å². The van der Waals surface area contributed by atoms with E-state index in [1.807, 2.05) is 24.3 Å². The molecular formula is C11H10ClN3. The highest BCUT2D eigenvalue weighted by Gasteiger charge is 1.98. The summed E-state index contributed by atoms with van der Waals surface area (Å²) in [5, 5.41) is 3.60. The van der Waals surface area contributed by atoms with E-state index in [-0.39, 0.29) is 0 Å². The van der Waals surface area contributed by atoms with Crippen molar-refractivity contribution in [2.75, 3.05) is 12.4 Å². The monoisotopic (exact) mass is 219 g/mol. The molecule has 76 valence electrons. The molecule has 3 nitrogen and oxygen atoms in total. The molecule has 2 rings (SSSR count). The van der Waals surface area contributed by atoms with Crippen LogP contribution in [0.5, 0.6) is 0 Å². The topological polar surface area (TPSA) is 37.8 Å². The lowest BCUT2D eigenvalue weighted by atomic mass is 10.1. The Balaban J connectivity index is 2.33. The molecule has 0 aliphatic rings. The van der Waals surface area contributed by atoms with Crippen LogP contribution in [0.4, 0.5) is 5.95 Å². The molecule has 1 aromatic heterocycles. The molecule has 0 saturated heterocycles. The predicted molar refractivity (Wildman–Crippen MR) is 62.0 cm³/mol. The lowest BCUT2D eigenvalue weighted by Gasteiger charge is -2.02. The number of hydrogen-bond donors (Lipinski definition) is 1. The number of nitrogens with one attached hydrogen (secondary N) is 1. The molecule has 0 radical (unpaired) electrons. The van der Waals surface area contributed by atoms with Gasteiger partial charge in [0.15, 0.2) is 0 Å². The third-order valence-electron chi connectivity index (χ3n) is 2.05. The van der Waals surface area contributed by atoms with Crippen LogP contribution in [0.2, 0.25) is 5.02 Å². The van der Waals surface area contributed by atoms with Gasteiger partial charge in [0.25, 0.3) is 0 Å². The van der Waals surface area contributed by atoms with Crippen LogP contribution >= 0.6 is 11.6 Å². The maximum atomic E-state index is 5.81. The van der Waals surface area contributed by atoms with Crippen LogP contribution in [0.25, 0.3) is 11.1 Å². The average Bonchev–Trinajstić information content (AvgIpc) is 2.30. The third kappa shape index (κ3) is 2.25. The Bertz CT molecular complexity index is 436. The van der Waals surface area contributed by atoms with Crippen LogP contribution in [-0.2, 0) is 0 Å². The van der Waals surface area contributed by atoms with E-state index in [0.29, 0.717) is 5.95 Å². The van der Waals surface area contributed by atoms with Crippen molar-refractivity contribution in [2.45, 2.75) is 0 Å². The summed E-state index contributed by atoms with van der Waals surface area (Å²) in [7, 11) is 1.79. The van der Waals surface area contributed by atoms with Crippen LogP contribution in [-0.4, -0.2) is 17.0 Å². The number of aromatic nitrogens is 2. The van der Waals surface area contributed by atoms with Crippen molar-refractivity contribution in [1.29, 1.82) is 0 Å². The molecule has 15 heavy (non-hydrogen) atoms. The Labute approximate surface area is 93.1 Å². The van der Waals surface area contributed by atoms with E-state index in [4.69, 9.17) is 11.6 Å². The maximum absolute atomic E-state index is 5.81. The third-order valence-corrected chi connectivity index (χ3v) is 2.30. The smallest absolute Gasteiger partial charge is 0.222 e. The van der Waals surface area contributed by atoms with Gasteiger partial charge in [0.05, 0.1) is 0 Å². The molecule has 0 aliphatic carbocycles. The Morgan fingerprint density at radius 1 is 1.00 bits per heavy atom. The first-order valence-corrected chi connectivity index (χ1v) is 4.93.